The van der Waals surface area contributed by atoms with Gasteiger partial charge in [-0.05, 0) is 76.9 Å². The Bertz CT molecular complexity index is 908. The fourth-order valence-electron chi connectivity index (χ4n) is 3.01. The lowest BCUT2D eigenvalue weighted by Crippen LogP contribution is -2.24. The predicted molar refractivity (Wildman–Crippen MR) is 106 cm³/mol. The van der Waals surface area contributed by atoms with Crippen LogP contribution in [0.5, 0.6) is 0 Å². The minimum absolute atomic E-state index is 0.221. The maximum absolute atomic E-state index is 12.9. The van der Waals surface area contributed by atoms with E-state index in [1.807, 2.05) is 0 Å². The monoisotopic (exact) mass is 380 g/mol. The van der Waals surface area contributed by atoms with Gasteiger partial charge in [-0.2, -0.15) is 0 Å². The van der Waals surface area contributed by atoms with Gasteiger partial charge in [0, 0.05) is 11.1 Å². The van der Waals surface area contributed by atoms with E-state index in [0.717, 1.165) is 11.1 Å². The molecule has 0 saturated carbocycles. The molecule has 5 nitrogen and oxygen atoms in total. The second-order valence-corrected chi connectivity index (χ2v) is 8.85. The normalized spacial score (nSPS) is 13.0. The SMILES string of the molecule is CC(C)(C)OC(=O)c1ccc2c(c1)C(=O)c1cc(C(=O)OC(C)(C)C)ccc1-2. The van der Waals surface area contributed by atoms with E-state index >= 15 is 0 Å². The molecule has 5 heteroatoms. The minimum atomic E-state index is -0.620. The summed E-state index contributed by atoms with van der Waals surface area (Å²) in [5, 5.41) is 0. The number of fused-ring (bicyclic) bond motifs is 3. The van der Waals surface area contributed by atoms with E-state index in [1.165, 1.54) is 0 Å². The number of hydrogen-bond donors (Lipinski definition) is 0. The molecule has 0 N–H and O–H groups in total. The molecule has 0 saturated heterocycles. The van der Waals surface area contributed by atoms with Crippen LogP contribution in [0.3, 0.4) is 0 Å². The lowest BCUT2D eigenvalue weighted by Gasteiger charge is -2.19. The molecular weight excluding hydrogens is 356 g/mol. The van der Waals surface area contributed by atoms with Crippen LogP contribution < -0.4 is 0 Å². The molecule has 0 fully saturated rings. The van der Waals surface area contributed by atoms with Gasteiger partial charge in [-0.15, -0.1) is 0 Å². The molecule has 1 aliphatic rings. The van der Waals surface area contributed by atoms with E-state index in [-0.39, 0.29) is 5.78 Å². The highest BCUT2D eigenvalue weighted by molar-refractivity contribution is 6.22. The van der Waals surface area contributed by atoms with Crippen molar-refractivity contribution in [1.29, 1.82) is 0 Å². The summed E-state index contributed by atoms with van der Waals surface area (Å²) in [7, 11) is 0. The Labute approximate surface area is 164 Å². The van der Waals surface area contributed by atoms with Crippen LogP contribution in [0.25, 0.3) is 11.1 Å². The zero-order valence-electron chi connectivity index (χ0n) is 17.0. The second kappa shape index (κ2) is 6.59. The van der Waals surface area contributed by atoms with Gasteiger partial charge >= 0.3 is 11.9 Å². The predicted octanol–water partition coefficient (Wildman–Crippen LogP) is 4.81. The highest BCUT2D eigenvalue weighted by Gasteiger charge is 2.30. The molecule has 0 amide bonds. The third kappa shape index (κ3) is 3.98. The van der Waals surface area contributed by atoms with Gasteiger partial charge in [0.05, 0.1) is 11.1 Å². The first-order chi connectivity index (χ1) is 12.9. The summed E-state index contributed by atoms with van der Waals surface area (Å²) < 4.78 is 10.8. The van der Waals surface area contributed by atoms with E-state index in [9.17, 15) is 14.4 Å². The molecule has 0 radical (unpaired) electrons. The first-order valence-corrected chi connectivity index (χ1v) is 9.15. The lowest BCUT2D eigenvalue weighted by molar-refractivity contribution is 0.00570. The molecule has 0 heterocycles. The van der Waals surface area contributed by atoms with Crippen LogP contribution in [-0.4, -0.2) is 28.9 Å². The van der Waals surface area contributed by atoms with Crippen molar-refractivity contribution >= 4 is 17.7 Å². The Morgan fingerprint density at radius 3 is 1.32 bits per heavy atom. The van der Waals surface area contributed by atoms with Gasteiger partial charge in [0.15, 0.2) is 5.78 Å². The summed E-state index contributed by atoms with van der Waals surface area (Å²) in [4.78, 5) is 37.5. The second-order valence-electron chi connectivity index (χ2n) is 8.85. The maximum Gasteiger partial charge on any atom is 0.338 e. The van der Waals surface area contributed by atoms with Gasteiger partial charge in [-0.3, -0.25) is 4.79 Å². The van der Waals surface area contributed by atoms with Crippen molar-refractivity contribution in [3.8, 4) is 11.1 Å². The fourth-order valence-corrected chi connectivity index (χ4v) is 3.01. The topological polar surface area (TPSA) is 69.7 Å². The Balaban J connectivity index is 1.94. The molecule has 3 rings (SSSR count). The number of esters is 2. The van der Waals surface area contributed by atoms with Gasteiger partial charge < -0.3 is 9.47 Å². The molecule has 2 aromatic carbocycles. The fraction of sp³-hybridized carbons (Fsp3) is 0.348. The van der Waals surface area contributed by atoms with Gasteiger partial charge in [0.2, 0.25) is 0 Å². The lowest BCUT2D eigenvalue weighted by atomic mass is 10.0. The molecule has 2 aromatic rings. The highest BCUT2D eigenvalue weighted by Crippen LogP contribution is 2.38. The van der Waals surface area contributed by atoms with Crippen LogP contribution in [0, 0.1) is 0 Å². The van der Waals surface area contributed by atoms with Crippen molar-refractivity contribution in [3.05, 3.63) is 58.7 Å². The first kappa shape index (κ1) is 19.8. The van der Waals surface area contributed by atoms with E-state index in [1.54, 1.807) is 77.9 Å². The number of carbonyl (C=O) groups is 3. The Kier molecular flexibility index (Phi) is 4.66. The standard InChI is InChI=1S/C23H24O5/c1-22(2,3)27-20(25)13-7-9-15-16-10-8-14(21(26)28-23(4,5)6)12-18(16)19(24)17(15)11-13/h7-12H,1-6H3. The quantitative estimate of drug-likeness (QED) is 0.597. The Morgan fingerprint density at radius 2 is 1.00 bits per heavy atom. The van der Waals surface area contributed by atoms with Gasteiger partial charge in [-0.1, -0.05) is 12.1 Å². The molecule has 0 bridgehead atoms. The van der Waals surface area contributed by atoms with Gasteiger partial charge in [-0.25, -0.2) is 9.59 Å². The van der Waals surface area contributed by atoms with Crippen molar-refractivity contribution in [1.82, 2.24) is 0 Å². The third-order valence-electron chi connectivity index (χ3n) is 4.09. The number of hydrogen-bond acceptors (Lipinski definition) is 5. The number of rotatable bonds is 2. The summed E-state index contributed by atoms with van der Waals surface area (Å²) in [5.41, 5.74) is 1.74. The van der Waals surface area contributed by atoms with Crippen LogP contribution in [0.1, 0.15) is 78.2 Å². The van der Waals surface area contributed by atoms with E-state index in [0.29, 0.717) is 22.3 Å². The number of ether oxygens (including phenoxy) is 2. The molecule has 1 aliphatic carbocycles. The highest BCUT2D eigenvalue weighted by atomic mass is 16.6. The zero-order valence-corrected chi connectivity index (χ0v) is 17.0. The van der Waals surface area contributed by atoms with Crippen LogP contribution in [0.15, 0.2) is 36.4 Å². The van der Waals surface area contributed by atoms with Crippen molar-refractivity contribution < 1.29 is 23.9 Å². The van der Waals surface area contributed by atoms with Crippen LogP contribution in [0.2, 0.25) is 0 Å². The Hall–Kier alpha value is -2.95. The summed E-state index contributed by atoms with van der Waals surface area (Å²) in [6, 6.07) is 9.89. The summed E-state index contributed by atoms with van der Waals surface area (Å²) >= 11 is 0. The molecule has 146 valence electrons. The average Bonchev–Trinajstić information content (AvgIpc) is 2.84. The van der Waals surface area contributed by atoms with E-state index < -0.39 is 23.1 Å². The van der Waals surface area contributed by atoms with Crippen molar-refractivity contribution in [3.63, 3.8) is 0 Å². The van der Waals surface area contributed by atoms with E-state index in [4.69, 9.17) is 9.47 Å². The maximum atomic E-state index is 12.9. The van der Waals surface area contributed by atoms with E-state index in [2.05, 4.69) is 0 Å². The molecule has 0 spiro atoms. The zero-order chi connectivity index (χ0) is 20.9. The average molecular weight is 380 g/mol. The van der Waals surface area contributed by atoms with Crippen LogP contribution in [0.4, 0.5) is 0 Å². The molecule has 0 aliphatic heterocycles. The first-order valence-electron chi connectivity index (χ1n) is 9.15. The van der Waals surface area contributed by atoms with Crippen molar-refractivity contribution in [2.24, 2.45) is 0 Å². The molecular formula is C23H24O5. The number of benzene rings is 2. The number of ketones is 1. The van der Waals surface area contributed by atoms with Crippen molar-refractivity contribution in [2.75, 3.05) is 0 Å². The summed E-state index contributed by atoms with van der Waals surface area (Å²) in [5.74, 6) is -1.18. The molecule has 0 aromatic heterocycles. The van der Waals surface area contributed by atoms with Gasteiger partial charge in [0.1, 0.15) is 11.2 Å². The molecule has 28 heavy (non-hydrogen) atoms. The van der Waals surface area contributed by atoms with Crippen molar-refractivity contribution in [2.45, 2.75) is 52.7 Å². The van der Waals surface area contributed by atoms with Crippen LogP contribution >= 0.6 is 0 Å². The number of carbonyl (C=O) groups excluding carboxylic acids is 3. The van der Waals surface area contributed by atoms with Gasteiger partial charge in [0.25, 0.3) is 0 Å². The minimum Gasteiger partial charge on any atom is -0.456 e. The molecule has 0 atom stereocenters. The largest absolute Gasteiger partial charge is 0.456 e. The summed E-state index contributed by atoms with van der Waals surface area (Å²) in [6.45, 7) is 10.7. The van der Waals surface area contributed by atoms with Crippen LogP contribution in [-0.2, 0) is 9.47 Å². The third-order valence-corrected chi connectivity index (χ3v) is 4.09. The molecule has 0 unspecified atom stereocenters. The summed E-state index contributed by atoms with van der Waals surface area (Å²) in [6.07, 6.45) is 0. The Morgan fingerprint density at radius 1 is 0.643 bits per heavy atom. The smallest absolute Gasteiger partial charge is 0.338 e.